The molecule has 172 valence electrons. The number of ether oxygens (including phenoxy) is 2. The lowest BCUT2D eigenvalue weighted by Crippen LogP contribution is -2.16. The number of para-hydroxylation sites is 1. The summed E-state index contributed by atoms with van der Waals surface area (Å²) < 4.78 is 11.7. The molecule has 0 bridgehead atoms. The van der Waals surface area contributed by atoms with Gasteiger partial charge in [-0.2, -0.15) is 0 Å². The van der Waals surface area contributed by atoms with E-state index >= 15 is 0 Å². The highest BCUT2D eigenvalue weighted by molar-refractivity contribution is 5.95. The summed E-state index contributed by atoms with van der Waals surface area (Å²) in [4.78, 5) is 26.2. The minimum Gasteiger partial charge on any atom is -0.419 e. The van der Waals surface area contributed by atoms with E-state index in [1.54, 1.807) is 18.2 Å². The van der Waals surface area contributed by atoms with Gasteiger partial charge in [0, 0.05) is 0 Å². The fourth-order valence-corrected chi connectivity index (χ4v) is 3.94. The zero-order valence-electron chi connectivity index (χ0n) is 19.7. The average Bonchev–Trinajstić information content (AvgIpc) is 2.82. The van der Waals surface area contributed by atoms with Crippen LogP contribution in [0.5, 0.6) is 11.5 Å². The standard InChI is InChI=1S/C29H32O4/c1-4-12-21-15-7-9-18-24(21)28(30)32-26-20-11-17-23(14-6-3)27(26)33-29(31)25-19-10-8-16-22(25)13-5-2/h7-11,15-20H,4-6,12-14H2,1-3H3. The molecule has 0 aliphatic heterocycles. The predicted molar refractivity (Wildman–Crippen MR) is 131 cm³/mol. The molecule has 0 fully saturated rings. The molecule has 3 rings (SSSR count). The van der Waals surface area contributed by atoms with Crippen LogP contribution >= 0.6 is 0 Å². The van der Waals surface area contributed by atoms with Crippen LogP contribution in [0.2, 0.25) is 0 Å². The average molecular weight is 445 g/mol. The van der Waals surface area contributed by atoms with E-state index in [9.17, 15) is 9.59 Å². The number of esters is 2. The number of carbonyl (C=O) groups is 2. The summed E-state index contributed by atoms with van der Waals surface area (Å²) in [5.41, 5.74) is 3.81. The van der Waals surface area contributed by atoms with Gasteiger partial charge in [0.25, 0.3) is 0 Å². The van der Waals surface area contributed by atoms with Gasteiger partial charge in [-0.05, 0) is 54.2 Å². The van der Waals surface area contributed by atoms with Gasteiger partial charge in [-0.3, -0.25) is 0 Å². The smallest absolute Gasteiger partial charge is 0.343 e. The largest absolute Gasteiger partial charge is 0.419 e. The molecule has 0 atom stereocenters. The molecule has 0 aliphatic rings. The molecule has 0 saturated carbocycles. The lowest BCUT2D eigenvalue weighted by atomic mass is 10.0. The second-order valence-electron chi connectivity index (χ2n) is 8.09. The lowest BCUT2D eigenvalue weighted by molar-refractivity contribution is 0.0679. The van der Waals surface area contributed by atoms with Crippen LogP contribution in [-0.4, -0.2) is 11.9 Å². The Balaban J connectivity index is 1.94. The van der Waals surface area contributed by atoms with Crippen LogP contribution < -0.4 is 9.47 Å². The van der Waals surface area contributed by atoms with Crippen LogP contribution in [0.15, 0.2) is 66.7 Å². The summed E-state index contributed by atoms with van der Waals surface area (Å²) in [5, 5.41) is 0. The Hall–Kier alpha value is -3.40. The third kappa shape index (κ3) is 6.10. The molecule has 3 aromatic rings. The van der Waals surface area contributed by atoms with E-state index < -0.39 is 11.9 Å². The monoisotopic (exact) mass is 444 g/mol. The number of aryl methyl sites for hydroxylation is 3. The highest BCUT2D eigenvalue weighted by atomic mass is 16.6. The van der Waals surface area contributed by atoms with Crippen molar-refractivity contribution in [3.63, 3.8) is 0 Å². The van der Waals surface area contributed by atoms with Crippen molar-refractivity contribution in [2.75, 3.05) is 0 Å². The Kier molecular flexibility index (Phi) is 8.82. The first kappa shape index (κ1) is 24.2. The highest BCUT2D eigenvalue weighted by Gasteiger charge is 2.21. The van der Waals surface area contributed by atoms with Crippen molar-refractivity contribution in [1.82, 2.24) is 0 Å². The molecule has 0 saturated heterocycles. The van der Waals surface area contributed by atoms with Crippen LogP contribution in [0.4, 0.5) is 0 Å². The first-order chi connectivity index (χ1) is 16.1. The van der Waals surface area contributed by atoms with Crippen LogP contribution in [0.1, 0.15) is 77.4 Å². The number of rotatable bonds is 10. The third-order valence-electron chi connectivity index (χ3n) is 5.49. The van der Waals surface area contributed by atoms with Gasteiger partial charge >= 0.3 is 11.9 Å². The van der Waals surface area contributed by atoms with Gasteiger partial charge in [-0.1, -0.05) is 88.6 Å². The first-order valence-electron chi connectivity index (χ1n) is 11.8. The molecule has 4 nitrogen and oxygen atoms in total. The number of carbonyl (C=O) groups excluding carboxylic acids is 2. The second-order valence-corrected chi connectivity index (χ2v) is 8.09. The van der Waals surface area contributed by atoms with E-state index in [-0.39, 0.29) is 5.75 Å². The van der Waals surface area contributed by atoms with Crippen molar-refractivity contribution in [1.29, 1.82) is 0 Å². The van der Waals surface area contributed by atoms with E-state index in [1.807, 2.05) is 48.5 Å². The summed E-state index contributed by atoms with van der Waals surface area (Å²) in [5.74, 6) is -0.307. The highest BCUT2D eigenvalue weighted by Crippen LogP contribution is 2.34. The van der Waals surface area contributed by atoms with E-state index in [4.69, 9.17) is 9.47 Å². The third-order valence-corrected chi connectivity index (χ3v) is 5.49. The summed E-state index contributed by atoms with van der Waals surface area (Å²) in [7, 11) is 0. The molecule has 33 heavy (non-hydrogen) atoms. The molecule has 4 heteroatoms. The zero-order chi connectivity index (χ0) is 23.6. The van der Waals surface area contributed by atoms with E-state index in [0.29, 0.717) is 23.3 Å². The Morgan fingerprint density at radius 3 is 1.58 bits per heavy atom. The Morgan fingerprint density at radius 2 is 1.03 bits per heavy atom. The van der Waals surface area contributed by atoms with Crippen molar-refractivity contribution >= 4 is 11.9 Å². The van der Waals surface area contributed by atoms with Crippen LogP contribution in [0, 0.1) is 0 Å². The quantitative estimate of drug-likeness (QED) is 0.250. The van der Waals surface area contributed by atoms with Gasteiger partial charge in [0.2, 0.25) is 0 Å². The summed E-state index contributed by atoms with van der Waals surface area (Å²) in [6.45, 7) is 6.21. The van der Waals surface area contributed by atoms with E-state index in [0.717, 1.165) is 48.8 Å². The molecule has 0 heterocycles. The molecular formula is C29H32O4. The van der Waals surface area contributed by atoms with Crippen LogP contribution in [-0.2, 0) is 19.3 Å². The lowest BCUT2D eigenvalue weighted by Gasteiger charge is -2.16. The maximum Gasteiger partial charge on any atom is 0.343 e. The minimum absolute atomic E-state index is 0.263. The van der Waals surface area contributed by atoms with Crippen LogP contribution in [0.3, 0.4) is 0 Å². The molecule has 0 N–H and O–H groups in total. The molecule has 0 spiro atoms. The normalized spacial score (nSPS) is 10.6. The van der Waals surface area contributed by atoms with Crippen molar-refractivity contribution in [3.05, 3.63) is 94.5 Å². The Morgan fingerprint density at radius 1 is 0.576 bits per heavy atom. The number of hydrogen-bond donors (Lipinski definition) is 0. The maximum atomic E-state index is 13.2. The van der Waals surface area contributed by atoms with E-state index in [1.165, 1.54) is 0 Å². The zero-order valence-corrected chi connectivity index (χ0v) is 19.7. The van der Waals surface area contributed by atoms with Gasteiger partial charge < -0.3 is 9.47 Å². The molecule has 0 aliphatic carbocycles. The minimum atomic E-state index is -0.448. The van der Waals surface area contributed by atoms with Crippen molar-refractivity contribution in [2.24, 2.45) is 0 Å². The molecule has 0 amide bonds. The van der Waals surface area contributed by atoms with Crippen molar-refractivity contribution < 1.29 is 19.1 Å². The molecule has 0 radical (unpaired) electrons. The first-order valence-corrected chi connectivity index (χ1v) is 11.8. The summed E-state index contributed by atoms with van der Waals surface area (Å²) in [6.07, 6.45) is 5.01. The van der Waals surface area contributed by atoms with E-state index in [2.05, 4.69) is 20.8 Å². The molecule has 0 unspecified atom stereocenters. The van der Waals surface area contributed by atoms with Crippen LogP contribution in [0.25, 0.3) is 0 Å². The summed E-state index contributed by atoms with van der Waals surface area (Å²) >= 11 is 0. The van der Waals surface area contributed by atoms with Gasteiger partial charge in [-0.15, -0.1) is 0 Å². The van der Waals surface area contributed by atoms with Gasteiger partial charge in [0.05, 0.1) is 11.1 Å². The Labute approximate surface area is 196 Å². The van der Waals surface area contributed by atoms with Crippen molar-refractivity contribution in [3.8, 4) is 11.5 Å². The number of benzene rings is 3. The SMILES string of the molecule is CCCc1ccccc1C(=O)Oc1cccc(CCC)c1OC(=O)c1ccccc1CCC. The summed E-state index contributed by atoms with van der Waals surface area (Å²) in [6, 6.07) is 20.4. The maximum absolute atomic E-state index is 13.2. The Bertz CT molecular complexity index is 1100. The van der Waals surface area contributed by atoms with Gasteiger partial charge in [0.1, 0.15) is 0 Å². The predicted octanol–water partition coefficient (Wildman–Crippen LogP) is 6.98. The van der Waals surface area contributed by atoms with Gasteiger partial charge in [-0.25, -0.2) is 9.59 Å². The molecule has 3 aromatic carbocycles. The molecular weight excluding hydrogens is 412 g/mol. The van der Waals surface area contributed by atoms with Gasteiger partial charge in [0.15, 0.2) is 11.5 Å². The number of hydrogen-bond acceptors (Lipinski definition) is 4. The molecule has 0 aromatic heterocycles. The van der Waals surface area contributed by atoms with Crippen molar-refractivity contribution in [2.45, 2.75) is 59.3 Å². The topological polar surface area (TPSA) is 52.6 Å². The fourth-order valence-electron chi connectivity index (χ4n) is 3.94. The fraction of sp³-hybridized carbons (Fsp3) is 0.310. The second kappa shape index (κ2) is 12.0.